The number of nitrogens with one attached hydrogen (secondary N) is 1. The van der Waals surface area contributed by atoms with Gasteiger partial charge in [0.1, 0.15) is 11.5 Å². The van der Waals surface area contributed by atoms with E-state index in [0.717, 1.165) is 31.4 Å². The minimum atomic E-state index is -0.269. The van der Waals surface area contributed by atoms with Crippen molar-refractivity contribution in [2.75, 3.05) is 13.1 Å². The number of nitrogens with zero attached hydrogens (tertiary/aromatic N) is 4. The van der Waals surface area contributed by atoms with Crippen LogP contribution in [0.2, 0.25) is 0 Å². The molecule has 36 heavy (non-hydrogen) atoms. The molecule has 188 valence electrons. The van der Waals surface area contributed by atoms with Gasteiger partial charge < -0.3 is 15.5 Å². The third-order valence-corrected chi connectivity index (χ3v) is 7.80. The Hall–Kier alpha value is -3.39. The van der Waals surface area contributed by atoms with Gasteiger partial charge in [-0.05, 0) is 92.4 Å². The second-order valence-corrected chi connectivity index (χ2v) is 10.8. The zero-order valence-corrected chi connectivity index (χ0v) is 20.9. The molecule has 2 heterocycles. The fourth-order valence-electron chi connectivity index (χ4n) is 5.65. The third kappa shape index (κ3) is 4.13. The second-order valence-electron chi connectivity index (χ2n) is 10.8. The Bertz CT molecular complexity index is 1320. The van der Waals surface area contributed by atoms with Crippen molar-refractivity contribution in [2.45, 2.75) is 70.4 Å². The smallest absolute Gasteiger partial charge is 0.289 e. The van der Waals surface area contributed by atoms with E-state index in [1.54, 1.807) is 10.6 Å². The van der Waals surface area contributed by atoms with Gasteiger partial charge in [0, 0.05) is 23.8 Å². The Labute approximate surface area is 211 Å². The molecule has 1 amide bonds. The highest BCUT2D eigenvalue weighted by Crippen LogP contribution is 2.39. The topological polar surface area (TPSA) is 104 Å². The molecular weight excluding hydrogens is 454 g/mol. The van der Waals surface area contributed by atoms with Crippen LogP contribution in [0.4, 0.5) is 0 Å². The number of carbonyl (C=O) groups excluding carboxylic acids is 1. The number of likely N-dealkylation sites (tertiary alicyclic amines) is 1. The van der Waals surface area contributed by atoms with E-state index in [1.165, 1.54) is 43.1 Å². The Morgan fingerprint density at radius 3 is 2.47 bits per heavy atom. The maximum atomic E-state index is 13.2. The van der Waals surface area contributed by atoms with Crippen molar-refractivity contribution < 1.29 is 15.0 Å². The molecule has 1 aliphatic heterocycles. The lowest BCUT2D eigenvalue weighted by molar-refractivity contribution is 0.0938. The van der Waals surface area contributed by atoms with Gasteiger partial charge >= 0.3 is 0 Å². The van der Waals surface area contributed by atoms with Gasteiger partial charge in [0.25, 0.3) is 5.91 Å². The van der Waals surface area contributed by atoms with Crippen molar-refractivity contribution in [1.82, 2.24) is 25.0 Å². The third-order valence-electron chi connectivity index (χ3n) is 7.80. The minimum Gasteiger partial charge on any atom is -0.508 e. The van der Waals surface area contributed by atoms with E-state index in [2.05, 4.69) is 32.5 Å². The predicted molar refractivity (Wildman–Crippen MR) is 137 cm³/mol. The summed E-state index contributed by atoms with van der Waals surface area (Å²) in [6.07, 6.45) is 6.54. The summed E-state index contributed by atoms with van der Waals surface area (Å²) >= 11 is 0. The number of amides is 1. The van der Waals surface area contributed by atoms with Crippen LogP contribution in [-0.2, 0) is 12.8 Å². The first-order valence-corrected chi connectivity index (χ1v) is 13.1. The lowest BCUT2D eigenvalue weighted by Gasteiger charge is -2.22. The molecule has 2 aromatic carbocycles. The van der Waals surface area contributed by atoms with Crippen molar-refractivity contribution in [1.29, 1.82) is 0 Å². The van der Waals surface area contributed by atoms with Gasteiger partial charge in [0.05, 0.1) is 5.56 Å². The molecule has 6 rings (SSSR count). The molecule has 2 fully saturated rings. The molecule has 1 saturated carbocycles. The molecule has 0 radical (unpaired) electrons. The largest absolute Gasteiger partial charge is 0.508 e. The van der Waals surface area contributed by atoms with Crippen LogP contribution >= 0.6 is 0 Å². The van der Waals surface area contributed by atoms with Crippen LogP contribution in [-0.4, -0.2) is 61.0 Å². The highest BCUT2D eigenvalue weighted by molar-refractivity contribution is 5.92. The number of aromatic nitrogens is 3. The van der Waals surface area contributed by atoms with E-state index in [-0.39, 0.29) is 35.2 Å². The van der Waals surface area contributed by atoms with E-state index in [9.17, 15) is 15.0 Å². The fourth-order valence-corrected chi connectivity index (χ4v) is 5.65. The number of hydrogen-bond donors (Lipinski definition) is 3. The molecule has 2 aliphatic carbocycles. The van der Waals surface area contributed by atoms with E-state index >= 15 is 0 Å². The summed E-state index contributed by atoms with van der Waals surface area (Å²) in [7, 11) is 0. The Morgan fingerprint density at radius 2 is 1.75 bits per heavy atom. The Morgan fingerprint density at radius 1 is 1.00 bits per heavy atom. The molecule has 1 saturated heterocycles. The zero-order valence-electron chi connectivity index (χ0n) is 20.9. The Kier molecular flexibility index (Phi) is 5.71. The van der Waals surface area contributed by atoms with Crippen molar-refractivity contribution in [3.8, 4) is 28.6 Å². The number of hydrogen-bond acceptors (Lipinski definition) is 6. The van der Waals surface area contributed by atoms with Gasteiger partial charge in [0.15, 0.2) is 5.82 Å². The standard InChI is InChI=1S/C28H33N5O3/c1-16(2)22-14-23(25(35)15-24(22)34)26-30-31-27(28(36)29-19-6-7-19)33(26)20-8-5-17-11-21(13-18(17)12-20)32-9-3-4-10-32/h5,8,12,14-16,19,21,34-35H,3-4,6-7,9-11,13H2,1-2H3,(H,29,36). The van der Waals surface area contributed by atoms with Crippen LogP contribution in [0.1, 0.15) is 72.8 Å². The predicted octanol–water partition coefficient (Wildman–Crippen LogP) is 3.92. The average molecular weight is 488 g/mol. The summed E-state index contributed by atoms with van der Waals surface area (Å²) in [6, 6.07) is 10.1. The number of phenols is 2. The first kappa shape index (κ1) is 23.0. The first-order valence-electron chi connectivity index (χ1n) is 13.1. The maximum absolute atomic E-state index is 13.2. The summed E-state index contributed by atoms with van der Waals surface area (Å²) < 4.78 is 1.75. The average Bonchev–Trinajstić information content (AvgIpc) is 3.25. The van der Waals surface area contributed by atoms with E-state index < -0.39 is 0 Å². The molecule has 8 nitrogen and oxygen atoms in total. The molecule has 0 spiro atoms. The highest BCUT2D eigenvalue weighted by Gasteiger charge is 2.31. The molecule has 0 bridgehead atoms. The molecule has 1 unspecified atom stereocenters. The lowest BCUT2D eigenvalue weighted by Crippen LogP contribution is -2.33. The lowest BCUT2D eigenvalue weighted by atomic mass is 9.98. The SMILES string of the molecule is CC(C)c1cc(-c2nnc(C(=O)NC3CC3)n2-c2ccc3c(c2)CC(N2CCCC2)C3)c(O)cc1O. The minimum absolute atomic E-state index is 0.0366. The maximum Gasteiger partial charge on any atom is 0.289 e. The van der Waals surface area contributed by atoms with Crippen LogP contribution in [0.25, 0.3) is 17.1 Å². The van der Waals surface area contributed by atoms with Gasteiger partial charge in [-0.1, -0.05) is 19.9 Å². The number of rotatable bonds is 6. The molecule has 3 N–H and O–H groups in total. The number of aromatic hydroxyl groups is 2. The van der Waals surface area contributed by atoms with Crippen LogP contribution in [0, 0.1) is 0 Å². The summed E-state index contributed by atoms with van der Waals surface area (Å²) in [5.41, 5.74) is 4.57. The first-order chi connectivity index (χ1) is 17.4. The van der Waals surface area contributed by atoms with E-state index in [0.29, 0.717) is 23.0 Å². The number of carbonyl (C=O) groups is 1. The quantitative estimate of drug-likeness (QED) is 0.487. The molecule has 8 heteroatoms. The summed E-state index contributed by atoms with van der Waals surface area (Å²) in [6.45, 7) is 6.30. The van der Waals surface area contributed by atoms with Gasteiger partial charge in [-0.15, -0.1) is 10.2 Å². The normalized spacial score (nSPS) is 19.7. The van der Waals surface area contributed by atoms with Crippen molar-refractivity contribution >= 4 is 5.91 Å². The van der Waals surface area contributed by atoms with Crippen molar-refractivity contribution in [3.63, 3.8) is 0 Å². The second kappa shape index (κ2) is 8.92. The fraction of sp³-hybridized carbons (Fsp3) is 0.464. The zero-order chi connectivity index (χ0) is 25.0. The monoisotopic (exact) mass is 487 g/mol. The van der Waals surface area contributed by atoms with Gasteiger partial charge in [0.2, 0.25) is 5.82 Å². The molecular formula is C28H33N5O3. The molecule has 3 aromatic rings. The van der Waals surface area contributed by atoms with Crippen LogP contribution in [0.5, 0.6) is 11.5 Å². The molecule has 3 aliphatic rings. The molecule has 1 aromatic heterocycles. The number of phenolic OH excluding ortho intramolecular Hbond substituents is 2. The van der Waals surface area contributed by atoms with E-state index in [1.807, 2.05) is 19.9 Å². The highest BCUT2D eigenvalue weighted by atomic mass is 16.3. The molecule has 1 atom stereocenters. The van der Waals surface area contributed by atoms with Gasteiger partial charge in [-0.2, -0.15) is 0 Å². The van der Waals surface area contributed by atoms with E-state index in [4.69, 9.17) is 0 Å². The number of fused-ring (bicyclic) bond motifs is 1. The number of benzene rings is 2. The summed E-state index contributed by atoms with van der Waals surface area (Å²) in [5.74, 6) is 0.285. The Balaban J connectivity index is 1.44. The van der Waals surface area contributed by atoms with Crippen LogP contribution in [0.3, 0.4) is 0 Å². The van der Waals surface area contributed by atoms with Crippen LogP contribution in [0.15, 0.2) is 30.3 Å². The summed E-state index contributed by atoms with van der Waals surface area (Å²) in [5, 5.41) is 32.8. The van der Waals surface area contributed by atoms with Gasteiger partial charge in [-0.3, -0.25) is 14.3 Å². The van der Waals surface area contributed by atoms with Crippen molar-refractivity contribution in [2.24, 2.45) is 0 Å². The summed E-state index contributed by atoms with van der Waals surface area (Å²) in [4.78, 5) is 15.8. The van der Waals surface area contributed by atoms with Crippen molar-refractivity contribution in [3.05, 3.63) is 52.8 Å². The van der Waals surface area contributed by atoms with Crippen LogP contribution < -0.4 is 5.32 Å². The van der Waals surface area contributed by atoms with Gasteiger partial charge in [-0.25, -0.2) is 0 Å².